The van der Waals surface area contributed by atoms with Gasteiger partial charge < -0.3 is 19.4 Å². The van der Waals surface area contributed by atoms with Crippen LogP contribution >= 0.6 is 0 Å². The lowest BCUT2D eigenvalue weighted by atomic mass is 10.1. The van der Waals surface area contributed by atoms with E-state index < -0.39 is 0 Å². The summed E-state index contributed by atoms with van der Waals surface area (Å²) in [5.74, 6) is 0.508. The van der Waals surface area contributed by atoms with Gasteiger partial charge in [-0.25, -0.2) is 0 Å². The number of anilines is 1. The molecule has 1 aromatic heterocycles. The van der Waals surface area contributed by atoms with E-state index in [9.17, 15) is 9.59 Å². The predicted molar refractivity (Wildman–Crippen MR) is 121 cm³/mol. The molecule has 1 aliphatic heterocycles. The van der Waals surface area contributed by atoms with Gasteiger partial charge in [0.15, 0.2) is 0 Å². The van der Waals surface area contributed by atoms with E-state index in [2.05, 4.69) is 10.2 Å². The fraction of sp³-hybridized carbons (Fsp3) is 0.333. The van der Waals surface area contributed by atoms with Crippen LogP contribution in [0.25, 0.3) is 10.8 Å². The van der Waals surface area contributed by atoms with Crippen LogP contribution in [0.5, 0.6) is 5.75 Å². The Hall–Kier alpha value is -3.16. The number of aryl methyl sites for hydroxylation is 1. The molecule has 1 aliphatic rings. The zero-order chi connectivity index (χ0) is 21.8. The number of fused-ring (bicyclic) bond motifs is 1. The van der Waals surface area contributed by atoms with Gasteiger partial charge in [0.1, 0.15) is 5.75 Å². The van der Waals surface area contributed by atoms with Crippen molar-refractivity contribution in [2.45, 2.75) is 13.5 Å². The first kappa shape index (κ1) is 21.1. The monoisotopic (exact) mass is 421 g/mol. The van der Waals surface area contributed by atoms with Crippen LogP contribution in [0.3, 0.4) is 0 Å². The maximum absolute atomic E-state index is 13.0. The molecular formula is C24H27N3O4. The van der Waals surface area contributed by atoms with Gasteiger partial charge in [-0.3, -0.25) is 14.5 Å². The Morgan fingerprint density at radius 2 is 1.90 bits per heavy atom. The average molecular weight is 421 g/mol. The molecule has 0 radical (unpaired) electrons. The van der Waals surface area contributed by atoms with Crippen LogP contribution < -0.4 is 15.6 Å². The molecule has 1 N–H and O–H groups in total. The van der Waals surface area contributed by atoms with Crippen molar-refractivity contribution < 1.29 is 14.3 Å². The Balaban J connectivity index is 1.55. The van der Waals surface area contributed by atoms with Gasteiger partial charge in [0.2, 0.25) is 0 Å². The van der Waals surface area contributed by atoms with Crippen molar-refractivity contribution in [3.63, 3.8) is 0 Å². The first-order valence-corrected chi connectivity index (χ1v) is 10.4. The smallest absolute Gasteiger partial charge is 0.258 e. The second-order valence-electron chi connectivity index (χ2n) is 7.67. The Morgan fingerprint density at radius 3 is 2.65 bits per heavy atom. The molecule has 7 nitrogen and oxygen atoms in total. The number of morpholine rings is 1. The van der Waals surface area contributed by atoms with E-state index in [1.54, 1.807) is 48.2 Å². The normalized spacial score (nSPS) is 14.5. The Morgan fingerprint density at radius 1 is 1.10 bits per heavy atom. The number of carbonyl (C=O) groups is 1. The van der Waals surface area contributed by atoms with Gasteiger partial charge in [-0.1, -0.05) is 6.07 Å². The highest BCUT2D eigenvalue weighted by Crippen LogP contribution is 2.23. The Labute approximate surface area is 181 Å². The number of benzene rings is 2. The quantitative estimate of drug-likeness (QED) is 0.663. The second-order valence-corrected chi connectivity index (χ2v) is 7.67. The predicted octanol–water partition coefficient (Wildman–Crippen LogP) is 2.90. The van der Waals surface area contributed by atoms with Gasteiger partial charge in [-0.15, -0.1) is 0 Å². The summed E-state index contributed by atoms with van der Waals surface area (Å²) >= 11 is 0. The summed E-state index contributed by atoms with van der Waals surface area (Å²) < 4.78 is 12.4. The molecule has 162 valence electrons. The fourth-order valence-electron chi connectivity index (χ4n) is 3.89. The van der Waals surface area contributed by atoms with Gasteiger partial charge in [0, 0.05) is 54.4 Å². The zero-order valence-corrected chi connectivity index (χ0v) is 17.9. The number of nitrogens with zero attached hydrogens (tertiary/aromatic N) is 2. The molecule has 3 aromatic rings. The van der Waals surface area contributed by atoms with Crippen molar-refractivity contribution in [1.29, 1.82) is 0 Å². The minimum absolute atomic E-state index is 0.0536. The van der Waals surface area contributed by atoms with Crippen LogP contribution in [0.4, 0.5) is 5.69 Å². The summed E-state index contributed by atoms with van der Waals surface area (Å²) in [5, 5.41) is 4.27. The van der Waals surface area contributed by atoms with Gasteiger partial charge in [-0.2, -0.15) is 0 Å². The molecule has 1 fully saturated rings. The minimum Gasteiger partial charge on any atom is -0.496 e. The standard InChI is InChI=1S/C24H27N3O4/c1-17-16-18(6-7-22(17)30-2)23(28)25-21-5-3-4-20-19(21)8-9-27(24(20)29)11-10-26-12-14-31-15-13-26/h3-9,16H,10-15H2,1-2H3,(H,25,28). The molecule has 0 spiro atoms. The third kappa shape index (κ3) is 4.62. The highest BCUT2D eigenvalue weighted by atomic mass is 16.5. The van der Waals surface area contributed by atoms with E-state index in [0.717, 1.165) is 49.5 Å². The zero-order valence-electron chi connectivity index (χ0n) is 17.9. The number of amides is 1. The van der Waals surface area contributed by atoms with Crippen molar-refractivity contribution >= 4 is 22.4 Å². The molecule has 4 rings (SSSR count). The summed E-state index contributed by atoms with van der Waals surface area (Å²) in [6.07, 6.45) is 1.80. The fourth-order valence-corrected chi connectivity index (χ4v) is 3.89. The van der Waals surface area contributed by atoms with Crippen LogP contribution in [0.15, 0.2) is 53.5 Å². The number of carbonyl (C=O) groups excluding carboxylic acids is 1. The van der Waals surface area contributed by atoms with E-state index in [4.69, 9.17) is 9.47 Å². The van der Waals surface area contributed by atoms with E-state index >= 15 is 0 Å². The van der Waals surface area contributed by atoms with E-state index in [1.165, 1.54) is 0 Å². The molecule has 1 amide bonds. The summed E-state index contributed by atoms with van der Waals surface area (Å²) in [6.45, 7) is 6.59. The lowest BCUT2D eigenvalue weighted by Crippen LogP contribution is -2.39. The number of methoxy groups -OCH3 is 1. The SMILES string of the molecule is COc1ccc(C(=O)Nc2cccc3c(=O)n(CCN4CCOCC4)ccc23)cc1C. The number of aromatic nitrogens is 1. The largest absolute Gasteiger partial charge is 0.496 e. The molecule has 7 heteroatoms. The van der Waals surface area contributed by atoms with Crippen molar-refractivity contribution in [3.8, 4) is 5.75 Å². The van der Waals surface area contributed by atoms with Crippen molar-refractivity contribution in [1.82, 2.24) is 9.47 Å². The number of pyridine rings is 1. The van der Waals surface area contributed by atoms with E-state index in [0.29, 0.717) is 23.2 Å². The highest BCUT2D eigenvalue weighted by Gasteiger charge is 2.14. The lowest BCUT2D eigenvalue weighted by molar-refractivity contribution is 0.0363. The van der Waals surface area contributed by atoms with Crippen molar-refractivity contribution in [3.05, 3.63) is 70.1 Å². The van der Waals surface area contributed by atoms with Crippen LogP contribution in [0, 0.1) is 6.92 Å². The summed E-state index contributed by atoms with van der Waals surface area (Å²) in [4.78, 5) is 28.1. The molecular weight excluding hydrogens is 394 g/mol. The molecule has 31 heavy (non-hydrogen) atoms. The molecule has 2 aromatic carbocycles. The van der Waals surface area contributed by atoms with E-state index in [1.807, 2.05) is 19.1 Å². The van der Waals surface area contributed by atoms with Crippen LogP contribution in [0.2, 0.25) is 0 Å². The molecule has 0 bridgehead atoms. The van der Waals surface area contributed by atoms with Crippen molar-refractivity contribution in [2.24, 2.45) is 0 Å². The summed E-state index contributed by atoms with van der Waals surface area (Å²) in [6, 6.07) is 12.6. The minimum atomic E-state index is -0.227. The average Bonchev–Trinajstić information content (AvgIpc) is 2.79. The number of nitrogens with one attached hydrogen (secondary N) is 1. The van der Waals surface area contributed by atoms with Crippen molar-refractivity contribution in [2.75, 3.05) is 45.3 Å². The Bertz CT molecular complexity index is 1150. The Kier molecular flexibility index (Phi) is 6.34. The number of hydrogen-bond acceptors (Lipinski definition) is 5. The molecule has 1 saturated heterocycles. The van der Waals surface area contributed by atoms with Gasteiger partial charge in [0.05, 0.1) is 20.3 Å². The maximum atomic E-state index is 13.0. The molecule has 2 heterocycles. The molecule has 0 saturated carbocycles. The number of hydrogen-bond donors (Lipinski definition) is 1. The number of ether oxygens (including phenoxy) is 2. The van der Waals surface area contributed by atoms with Gasteiger partial charge in [-0.05, 0) is 48.9 Å². The maximum Gasteiger partial charge on any atom is 0.258 e. The number of rotatable bonds is 6. The van der Waals surface area contributed by atoms with Gasteiger partial charge in [0.25, 0.3) is 11.5 Å². The first-order valence-electron chi connectivity index (χ1n) is 10.4. The van der Waals surface area contributed by atoms with Crippen LogP contribution in [-0.2, 0) is 11.3 Å². The molecule has 0 aliphatic carbocycles. The topological polar surface area (TPSA) is 72.8 Å². The van der Waals surface area contributed by atoms with E-state index in [-0.39, 0.29) is 11.5 Å². The third-order valence-electron chi connectivity index (χ3n) is 5.68. The molecule has 0 unspecified atom stereocenters. The highest BCUT2D eigenvalue weighted by molar-refractivity contribution is 6.09. The first-order chi connectivity index (χ1) is 15.1. The summed E-state index contributed by atoms with van der Waals surface area (Å²) in [5.41, 5.74) is 1.99. The second kappa shape index (κ2) is 9.32. The van der Waals surface area contributed by atoms with Crippen LogP contribution in [0.1, 0.15) is 15.9 Å². The lowest BCUT2D eigenvalue weighted by Gasteiger charge is -2.26. The summed E-state index contributed by atoms with van der Waals surface area (Å²) in [7, 11) is 1.60. The third-order valence-corrected chi connectivity index (χ3v) is 5.68. The molecule has 0 atom stereocenters. The van der Waals surface area contributed by atoms with Crippen LogP contribution in [-0.4, -0.2) is 55.3 Å². The van der Waals surface area contributed by atoms with Gasteiger partial charge >= 0.3 is 0 Å².